The summed E-state index contributed by atoms with van der Waals surface area (Å²) in [4.78, 5) is 10.5. The summed E-state index contributed by atoms with van der Waals surface area (Å²) in [5.74, 6) is 0. The molecule has 0 aliphatic carbocycles. The van der Waals surface area contributed by atoms with E-state index in [4.69, 9.17) is 18.5 Å². The van der Waals surface area contributed by atoms with Crippen LogP contribution in [0, 0.1) is 0 Å². The van der Waals surface area contributed by atoms with E-state index in [9.17, 15) is 9.46 Å². The summed E-state index contributed by atoms with van der Waals surface area (Å²) in [6.07, 6.45) is -1.08. The van der Waals surface area contributed by atoms with Gasteiger partial charge in [-0.25, -0.2) is 4.57 Å². The van der Waals surface area contributed by atoms with E-state index in [1.807, 2.05) is 20.8 Å². The van der Waals surface area contributed by atoms with Gasteiger partial charge in [0.2, 0.25) is 0 Å². The Morgan fingerprint density at radius 3 is 2.14 bits per heavy atom. The maximum atomic E-state index is 12.8. The van der Waals surface area contributed by atoms with Crippen LogP contribution in [0.15, 0.2) is 54.6 Å². The first-order chi connectivity index (χ1) is 16.8. The molecule has 6 nitrogen and oxygen atoms in total. The molecular formula is C29H35O6P. The van der Waals surface area contributed by atoms with Gasteiger partial charge in [0.05, 0.1) is 23.9 Å². The van der Waals surface area contributed by atoms with Crippen molar-refractivity contribution < 1.29 is 28.0 Å². The number of hydrogen-bond donors (Lipinski definition) is 1. The van der Waals surface area contributed by atoms with Crippen LogP contribution in [-0.2, 0) is 23.1 Å². The third kappa shape index (κ3) is 5.31. The van der Waals surface area contributed by atoms with Crippen LogP contribution in [0.25, 0.3) is 32.3 Å². The minimum absolute atomic E-state index is 0.242. The largest absolute Gasteiger partial charge is 0.473 e. The van der Waals surface area contributed by atoms with E-state index < -0.39 is 25.6 Å². The van der Waals surface area contributed by atoms with Crippen molar-refractivity contribution in [1.82, 2.24) is 0 Å². The number of phosphoric ester groups is 1. The molecule has 1 N–H and O–H groups in total. The van der Waals surface area contributed by atoms with E-state index in [1.165, 1.54) is 26.9 Å². The van der Waals surface area contributed by atoms with Gasteiger partial charge in [0.15, 0.2) is 0 Å². The number of phosphoric acid groups is 1. The zero-order valence-electron chi connectivity index (χ0n) is 21.8. The first kappa shape index (κ1) is 25.6. The Bertz CT molecular complexity index is 1420. The van der Waals surface area contributed by atoms with Crippen LogP contribution in [0.3, 0.4) is 0 Å². The molecule has 0 amide bonds. The fraction of sp³-hybridized carbons (Fsp3) is 0.448. The van der Waals surface area contributed by atoms with Gasteiger partial charge in [-0.2, -0.15) is 0 Å². The third-order valence-electron chi connectivity index (χ3n) is 6.45. The van der Waals surface area contributed by atoms with Crippen molar-refractivity contribution in [3.63, 3.8) is 0 Å². The molecule has 192 valence electrons. The van der Waals surface area contributed by atoms with Crippen molar-refractivity contribution in [2.45, 2.75) is 77.5 Å². The number of hydrogen-bond acceptors (Lipinski definition) is 5. The summed E-state index contributed by atoms with van der Waals surface area (Å²) in [5.41, 5.74) is -0.173. The molecule has 4 aromatic rings. The quantitative estimate of drug-likeness (QED) is 0.213. The second-order valence-corrected chi connectivity index (χ2v) is 13.0. The Labute approximate surface area is 212 Å². The molecule has 0 radical (unpaired) electrons. The molecule has 4 aromatic carbocycles. The molecule has 36 heavy (non-hydrogen) atoms. The van der Waals surface area contributed by atoms with Crippen LogP contribution in [-0.4, -0.2) is 34.9 Å². The Balaban J connectivity index is 1.51. The lowest BCUT2D eigenvalue weighted by Gasteiger charge is -2.28. The molecule has 7 heteroatoms. The second-order valence-electron chi connectivity index (χ2n) is 11.6. The average molecular weight is 511 g/mol. The summed E-state index contributed by atoms with van der Waals surface area (Å²) in [5, 5.41) is 7.15. The molecule has 1 aliphatic heterocycles. The number of rotatable bonds is 6. The van der Waals surface area contributed by atoms with Gasteiger partial charge in [-0.15, -0.1) is 0 Å². The van der Waals surface area contributed by atoms with Gasteiger partial charge in [-0.1, -0.05) is 54.6 Å². The van der Waals surface area contributed by atoms with Crippen LogP contribution in [0.1, 0.15) is 59.6 Å². The first-order valence-electron chi connectivity index (χ1n) is 12.5. The number of benzene rings is 4. The highest BCUT2D eigenvalue weighted by molar-refractivity contribution is 7.47. The summed E-state index contributed by atoms with van der Waals surface area (Å²) in [6.45, 7) is 11.3. The van der Waals surface area contributed by atoms with Crippen LogP contribution in [0.2, 0.25) is 0 Å². The highest BCUT2D eigenvalue weighted by Crippen LogP contribution is 2.52. The van der Waals surface area contributed by atoms with E-state index in [2.05, 4.69) is 54.6 Å². The molecule has 1 saturated heterocycles. The minimum atomic E-state index is -4.31. The van der Waals surface area contributed by atoms with Crippen molar-refractivity contribution in [1.29, 1.82) is 0 Å². The highest BCUT2D eigenvalue weighted by atomic mass is 31.2. The van der Waals surface area contributed by atoms with Gasteiger partial charge in [0.25, 0.3) is 0 Å². The van der Waals surface area contributed by atoms with E-state index in [1.54, 1.807) is 20.8 Å². The van der Waals surface area contributed by atoms with Crippen LogP contribution in [0.5, 0.6) is 0 Å². The van der Waals surface area contributed by atoms with Gasteiger partial charge < -0.3 is 14.4 Å². The van der Waals surface area contributed by atoms with Crippen LogP contribution in [0.4, 0.5) is 0 Å². The van der Waals surface area contributed by atoms with Gasteiger partial charge in [-0.05, 0) is 79.4 Å². The van der Waals surface area contributed by atoms with E-state index in [0.717, 1.165) is 10.9 Å². The lowest BCUT2D eigenvalue weighted by Crippen LogP contribution is -2.33. The zero-order valence-corrected chi connectivity index (χ0v) is 22.7. The summed E-state index contributed by atoms with van der Waals surface area (Å²) in [7, 11) is -4.31. The van der Waals surface area contributed by atoms with Crippen LogP contribution < -0.4 is 0 Å². The Morgan fingerprint density at radius 2 is 1.50 bits per heavy atom. The summed E-state index contributed by atoms with van der Waals surface area (Å²) in [6, 6.07) is 19.2. The summed E-state index contributed by atoms with van der Waals surface area (Å²) >= 11 is 0. The van der Waals surface area contributed by atoms with Gasteiger partial charge >= 0.3 is 7.82 Å². The predicted molar refractivity (Wildman–Crippen MR) is 144 cm³/mol. The molecule has 1 aliphatic rings. The number of ether oxygens (including phenoxy) is 2. The van der Waals surface area contributed by atoms with E-state index in [0.29, 0.717) is 6.42 Å². The van der Waals surface area contributed by atoms with Gasteiger partial charge in [0.1, 0.15) is 12.2 Å². The maximum Gasteiger partial charge on any atom is 0.473 e. The molecule has 1 fully saturated rings. The van der Waals surface area contributed by atoms with Crippen molar-refractivity contribution in [2.24, 2.45) is 0 Å². The van der Waals surface area contributed by atoms with Crippen LogP contribution >= 0.6 is 7.82 Å². The first-order valence-corrected chi connectivity index (χ1v) is 14.0. The van der Waals surface area contributed by atoms with Crippen molar-refractivity contribution in [3.05, 3.63) is 60.2 Å². The zero-order chi connectivity index (χ0) is 25.9. The molecule has 2 unspecified atom stereocenters. The summed E-state index contributed by atoms with van der Waals surface area (Å²) < 4.78 is 36.4. The standard InChI is InChI=1S/C29H35O6P/c1-28(2,3)32-17-25-24(34-36(30,31)35-29(4,5)6)16-23(33-25)21-14-12-20-11-10-18-8-7-9-19-13-15-22(21)27(20)26(18)19/h7-15,23-25H,16-17H2,1-6H3,(H,30,31)/t23-,24?,25-/m1/s1. The molecule has 5 rings (SSSR count). The third-order valence-corrected chi connectivity index (χ3v) is 7.76. The van der Waals surface area contributed by atoms with E-state index >= 15 is 0 Å². The maximum absolute atomic E-state index is 12.8. The minimum Gasteiger partial charge on any atom is -0.373 e. The fourth-order valence-electron chi connectivity index (χ4n) is 5.08. The van der Waals surface area contributed by atoms with E-state index in [-0.39, 0.29) is 18.3 Å². The normalized spacial score (nSPS) is 23.1. The molecule has 0 spiro atoms. The fourth-order valence-corrected chi connectivity index (χ4v) is 6.38. The van der Waals surface area contributed by atoms with Crippen molar-refractivity contribution >= 4 is 40.1 Å². The molecule has 0 aromatic heterocycles. The molecule has 0 bridgehead atoms. The smallest absolute Gasteiger partial charge is 0.373 e. The Kier molecular flexibility index (Phi) is 6.44. The SMILES string of the molecule is CC(C)(C)OC[C@H]1O[C@@H](c2ccc3ccc4cccc5ccc2c3c45)CC1OP(=O)(O)OC(C)(C)C. The molecule has 1 heterocycles. The van der Waals surface area contributed by atoms with Crippen molar-refractivity contribution in [3.8, 4) is 0 Å². The average Bonchev–Trinajstić information content (AvgIpc) is 3.15. The topological polar surface area (TPSA) is 74.2 Å². The lowest BCUT2D eigenvalue weighted by molar-refractivity contribution is -0.0895. The molecular weight excluding hydrogens is 475 g/mol. The van der Waals surface area contributed by atoms with Crippen molar-refractivity contribution in [2.75, 3.05) is 6.61 Å². The molecule has 4 atom stereocenters. The predicted octanol–water partition coefficient (Wildman–Crippen LogP) is 7.53. The van der Waals surface area contributed by atoms with Gasteiger partial charge in [-0.3, -0.25) is 9.05 Å². The Hall–Kier alpha value is -2.05. The second kappa shape index (κ2) is 9.05. The highest BCUT2D eigenvalue weighted by Gasteiger charge is 2.43. The van der Waals surface area contributed by atoms with Gasteiger partial charge in [0, 0.05) is 6.42 Å². The lowest BCUT2D eigenvalue weighted by atomic mass is 9.90. The molecule has 0 saturated carbocycles. The Morgan fingerprint density at radius 1 is 0.889 bits per heavy atom. The monoisotopic (exact) mass is 510 g/mol.